The van der Waals surface area contributed by atoms with Gasteiger partial charge in [-0.25, -0.2) is 4.39 Å². The van der Waals surface area contributed by atoms with Crippen LogP contribution in [0.5, 0.6) is 5.75 Å². The van der Waals surface area contributed by atoms with E-state index in [2.05, 4.69) is 4.74 Å². The van der Waals surface area contributed by atoms with E-state index in [4.69, 9.17) is 0 Å². The fraction of sp³-hybridized carbons (Fsp3) is 0.500. The van der Waals surface area contributed by atoms with E-state index in [-0.39, 0.29) is 24.6 Å². The molecule has 1 saturated heterocycles. The van der Waals surface area contributed by atoms with E-state index in [1.165, 1.54) is 17.0 Å². The molecule has 116 valence electrons. The van der Waals surface area contributed by atoms with Crippen LogP contribution in [0.1, 0.15) is 18.4 Å². The third kappa shape index (κ3) is 4.91. The fourth-order valence-electron chi connectivity index (χ4n) is 2.25. The summed E-state index contributed by atoms with van der Waals surface area (Å²) in [6, 6.07) is 5.11. The quantitative estimate of drug-likeness (QED) is 0.803. The molecule has 3 nitrogen and oxygen atoms in total. The van der Waals surface area contributed by atoms with Crippen LogP contribution in [-0.2, 0) is 11.2 Å². The summed E-state index contributed by atoms with van der Waals surface area (Å²) in [6.07, 6.45) is -4.59. The Morgan fingerprint density at radius 2 is 1.95 bits per heavy atom. The van der Waals surface area contributed by atoms with Crippen LogP contribution in [-0.4, -0.2) is 36.4 Å². The third-order valence-electron chi connectivity index (χ3n) is 3.23. The molecule has 0 saturated carbocycles. The molecule has 1 aromatic rings. The lowest BCUT2D eigenvalue weighted by Crippen LogP contribution is -2.41. The van der Waals surface area contributed by atoms with Gasteiger partial charge in [-0.2, -0.15) is 0 Å². The molecule has 1 aliphatic heterocycles. The molecular formula is C14H15F4NO2. The van der Waals surface area contributed by atoms with Crippen molar-refractivity contribution in [1.29, 1.82) is 0 Å². The largest absolute Gasteiger partial charge is 0.573 e. The third-order valence-corrected chi connectivity index (χ3v) is 3.23. The van der Waals surface area contributed by atoms with Crippen LogP contribution >= 0.6 is 0 Å². The van der Waals surface area contributed by atoms with E-state index in [0.717, 1.165) is 12.1 Å². The lowest BCUT2D eigenvalue weighted by atomic mass is 10.1. The number of amides is 1. The van der Waals surface area contributed by atoms with Crippen LogP contribution in [0.4, 0.5) is 17.6 Å². The van der Waals surface area contributed by atoms with Gasteiger partial charge in [-0.05, 0) is 30.5 Å². The molecule has 1 atom stereocenters. The number of alkyl halides is 4. The number of piperidine rings is 1. The second kappa shape index (κ2) is 6.32. The molecule has 0 spiro atoms. The monoisotopic (exact) mass is 305 g/mol. The minimum atomic E-state index is -4.73. The van der Waals surface area contributed by atoms with Crippen molar-refractivity contribution in [3.63, 3.8) is 0 Å². The average molecular weight is 305 g/mol. The van der Waals surface area contributed by atoms with Gasteiger partial charge < -0.3 is 9.64 Å². The smallest absolute Gasteiger partial charge is 0.406 e. The number of ether oxygens (including phenoxy) is 1. The van der Waals surface area contributed by atoms with E-state index in [1.807, 2.05) is 0 Å². The van der Waals surface area contributed by atoms with Gasteiger partial charge in [0.05, 0.1) is 13.0 Å². The maximum absolute atomic E-state index is 13.2. The molecule has 21 heavy (non-hydrogen) atoms. The van der Waals surface area contributed by atoms with E-state index < -0.39 is 12.5 Å². The lowest BCUT2D eigenvalue weighted by Gasteiger charge is -2.29. The van der Waals surface area contributed by atoms with Gasteiger partial charge in [0.1, 0.15) is 11.9 Å². The number of likely N-dealkylation sites (tertiary alicyclic amines) is 1. The highest BCUT2D eigenvalue weighted by Crippen LogP contribution is 2.23. The van der Waals surface area contributed by atoms with Crippen molar-refractivity contribution in [2.75, 3.05) is 13.1 Å². The number of hydrogen-bond donors (Lipinski definition) is 0. The Hall–Kier alpha value is -1.79. The predicted molar refractivity (Wildman–Crippen MR) is 67.5 cm³/mol. The van der Waals surface area contributed by atoms with Crippen LogP contribution < -0.4 is 4.74 Å². The Morgan fingerprint density at radius 1 is 1.29 bits per heavy atom. The van der Waals surface area contributed by atoms with Crippen LogP contribution in [0.25, 0.3) is 0 Å². The highest BCUT2D eigenvalue weighted by molar-refractivity contribution is 5.79. The predicted octanol–water partition coefficient (Wildman–Crippen LogP) is 3.09. The van der Waals surface area contributed by atoms with Gasteiger partial charge in [-0.3, -0.25) is 4.79 Å². The molecule has 0 unspecified atom stereocenters. The first-order chi connectivity index (χ1) is 9.83. The van der Waals surface area contributed by atoms with E-state index in [1.54, 1.807) is 0 Å². The summed E-state index contributed by atoms with van der Waals surface area (Å²) < 4.78 is 53.0. The van der Waals surface area contributed by atoms with Gasteiger partial charge in [0, 0.05) is 6.54 Å². The zero-order valence-electron chi connectivity index (χ0n) is 11.2. The molecule has 1 amide bonds. The number of benzene rings is 1. The molecule has 0 N–H and O–H groups in total. The van der Waals surface area contributed by atoms with Crippen molar-refractivity contribution in [3.8, 4) is 5.75 Å². The number of carbonyl (C=O) groups is 1. The highest BCUT2D eigenvalue weighted by atomic mass is 19.4. The Morgan fingerprint density at radius 3 is 2.52 bits per heavy atom. The molecule has 1 fully saturated rings. The number of nitrogens with zero attached hydrogens (tertiary/aromatic N) is 1. The second-order valence-electron chi connectivity index (χ2n) is 4.95. The van der Waals surface area contributed by atoms with Crippen LogP contribution in [0, 0.1) is 0 Å². The number of carbonyl (C=O) groups excluding carboxylic acids is 1. The minimum absolute atomic E-state index is 0.0407. The Kier molecular flexibility index (Phi) is 4.69. The molecule has 0 aliphatic carbocycles. The summed E-state index contributed by atoms with van der Waals surface area (Å²) in [5, 5.41) is 0. The summed E-state index contributed by atoms with van der Waals surface area (Å²) >= 11 is 0. The minimum Gasteiger partial charge on any atom is -0.406 e. The first-order valence-corrected chi connectivity index (χ1v) is 6.60. The molecule has 0 radical (unpaired) electrons. The SMILES string of the molecule is O=C(Cc1ccc(OC(F)(F)F)cc1)N1CCC[C@H](F)C1. The Balaban J connectivity index is 1.92. The van der Waals surface area contributed by atoms with Crippen LogP contribution in [0.2, 0.25) is 0 Å². The molecule has 0 aromatic heterocycles. The molecule has 7 heteroatoms. The standard InChI is InChI=1S/C14H15F4NO2/c15-11-2-1-7-19(9-11)13(20)8-10-3-5-12(6-4-10)21-14(16,17)18/h3-6,11H,1-2,7-9H2/t11-/m0/s1. The summed E-state index contributed by atoms with van der Waals surface area (Å²) in [4.78, 5) is 13.4. The Bertz CT molecular complexity index is 487. The first-order valence-electron chi connectivity index (χ1n) is 6.60. The zero-order chi connectivity index (χ0) is 15.5. The number of rotatable bonds is 3. The van der Waals surface area contributed by atoms with Gasteiger partial charge >= 0.3 is 6.36 Å². The maximum atomic E-state index is 13.2. The van der Waals surface area contributed by atoms with Crippen molar-refractivity contribution in [1.82, 2.24) is 4.90 Å². The molecule has 1 heterocycles. The van der Waals surface area contributed by atoms with E-state index >= 15 is 0 Å². The molecule has 0 bridgehead atoms. The van der Waals surface area contributed by atoms with Crippen molar-refractivity contribution in [2.45, 2.75) is 31.8 Å². The van der Waals surface area contributed by atoms with Gasteiger partial charge in [0.2, 0.25) is 5.91 Å². The topological polar surface area (TPSA) is 29.5 Å². The van der Waals surface area contributed by atoms with E-state index in [9.17, 15) is 22.4 Å². The van der Waals surface area contributed by atoms with Gasteiger partial charge in [0.25, 0.3) is 0 Å². The van der Waals surface area contributed by atoms with Crippen molar-refractivity contribution in [3.05, 3.63) is 29.8 Å². The van der Waals surface area contributed by atoms with Gasteiger partial charge in [-0.15, -0.1) is 13.2 Å². The van der Waals surface area contributed by atoms with Crippen LogP contribution in [0.15, 0.2) is 24.3 Å². The normalized spacial score (nSPS) is 19.4. The second-order valence-corrected chi connectivity index (χ2v) is 4.95. The molecule has 1 aliphatic rings. The van der Waals surface area contributed by atoms with Crippen molar-refractivity contribution in [2.24, 2.45) is 0 Å². The Labute approximate surface area is 119 Å². The summed E-state index contributed by atoms with van der Waals surface area (Å²) in [5.41, 5.74) is 0.565. The maximum Gasteiger partial charge on any atom is 0.573 e. The highest BCUT2D eigenvalue weighted by Gasteiger charge is 2.31. The van der Waals surface area contributed by atoms with Crippen LogP contribution in [0.3, 0.4) is 0 Å². The fourth-order valence-corrected chi connectivity index (χ4v) is 2.25. The van der Waals surface area contributed by atoms with E-state index in [0.29, 0.717) is 24.9 Å². The number of halogens is 4. The summed E-state index contributed by atoms with van der Waals surface area (Å²) in [7, 11) is 0. The summed E-state index contributed by atoms with van der Waals surface area (Å²) in [6.45, 7) is 0.614. The van der Waals surface area contributed by atoms with Crippen molar-refractivity contribution >= 4 is 5.91 Å². The summed E-state index contributed by atoms with van der Waals surface area (Å²) in [5.74, 6) is -0.553. The average Bonchev–Trinajstić information content (AvgIpc) is 2.39. The first kappa shape index (κ1) is 15.6. The zero-order valence-corrected chi connectivity index (χ0v) is 11.2. The molecule has 2 rings (SSSR count). The van der Waals surface area contributed by atoms with Crippen molar-refractivity contribution < 1.29 is 27.1 Å². The molecule has 1 aromatic carbocycles. The van der Waals surface area contributed by atoms with Gasteiger partial charge in [0.15, 0.2) is 0 Å². The lowest BCUT2D eigenvalue weighted by molar-refractivity contribution is -0.274. The molecular weight excluding hydrogens is 290 g/mol. The number of hydrogen-bond acceptors (Lipinski definition) is 2. The van der Waals surface area contributed by atoms with Gasteiger partial charge in [-0.1, -0.05) is 12.1 Å².